The third-order valence-electron chi connectivity index (χ3n) is 6.01. The van der Waals surface area contributed by atoms with Crippen molar-refractivity contribution in [1.29, 1.82) is 10.5 Å². The summed E-state index contributed by atoms with van der Waals surface area (Å²) in [5.41, 5.74) is 3.44. The topological polar surface area (TPSA) is 93.2 Å². The molecular formula is C29H30F2N4O2S. The van der Waals surface area contributed by atoms with Crippen LogP contribution in [0.4, 0.5) is 8.78 Å². The molecule has 3 rings (SSSR count). The van der Waals surface area contributed by atoms with Crippen molar-refractivity contribution in [1.82, 2.24) is 9.88 Å². The highest BCUT2D eigenvalue weighted by Gasteiger charge is 2.30. The zero-order chi connectivity index (χ0) is 27.5. The van der Waals surface area contributed by atoms with Crippen LogP contribution in [0.15, 0.2) is 76.6 Å². The average molecular weight is 537 g/mol. The zero-order valence-electron chi connectivity index (χ0n) is 21.5. The number of nitrogens with zero attached hydrogens (tertiary/aromatic N) is 4. The molecule has 1 fully saturated rings. The molecule has 1 N–H and O–H groups in total. The summed E-state index contributed by atoms with van der Waals surface area (Å²) in [5, 5.41) is 29.6. The molecule has 2 aromatic rings. The maximum atomic E-state index is 13.6. The first kappa shape index (κ1) is 28.9. The van der Waals surface area contributed by atoms with Crippen LogP contribution in [0.25, 0.3) is 5.57 Å². The van der Waals surface area contributed by atoms with Crippen molar-refractivity contribution in [2.45, 2.75) is 45.0 Å². The summed E-state index contributed by atoms with van der Waals surface area (Å²) in [6.07, 6.45) is 4.42. The van der Waals surface area contributed by atoms with E-state index in [4.69, 9.17) is 5.11 Å². The number of ether oxygens (including phenoxy) is 1. The van der Waals surface area contributed by atoms with Crippen LogP contribution in [0, 0.1) is 22.7 Å². The van der Waals surface area contributed by atoms with Crippen LogP contribution in [0.2, 0.25) is 0 Å². The van der Waals surface area contributed by atoms with Crippen LogP contribution < -0.4 is 4.74 Å². The van der Waals surface area contributed by atoms with Crippen molar-refractivity contribution in [3.63, 3.8) is 0 Å². The minimum atomic E-state index is -3.72. The highest BCUT2D eigenvalue weighted by Crippen LogP contribution is 2.38. The molecule has 0 unspecified atom stereocenters. The van der Waals surface area contributed by atoms with Gasteiger partial charge in [0.05, 0.1) is 11.1 Å². The van der Waals surface area contributed by atoms with Gasteiger partial charge in [0.15, 0.2) is 0 Å². The minimum absolute atomic E-state index is 0.139. The Morgan fingerprint density at radius 1 is 1.16 bits per heavy atom. The molecule has 1 aromatic heterocycles. The molecule has 1 aliphatic rings. The Balaban J connectivity index is 2.15. The van der Waals surface area contributed by atoms with E-state index in [1.807, 2.05) is 32.1 Å². The van der Waals surface area contributed by atoms with E-state index in [1.165, 1.54) is 23.9 Å². The fourth-order valence-electron chi connectivity index (χ4n) is 4.13. The lowest BCUT2D eigenvalue weighted by Gasteiger charge is -2.22. The second-order valence-electron chi connectivity index (χ2n) is 8.68. The Hall–Kier alpha value is -3.66. The number of aliphatic hydroxyl groups excluding tert-OH is 1. The van der Waals surface area contributed by atoms with E-state index in [2.05, 4.69) is 26.8 Å². The van der Waals surface area contributed by atoms with Crippen LogP contribution in [0.5, 0.6) is 5.75 Å². The molecule has 1 aromatic carbocycles. The third-order valence-corrected chi connectivity index (χ3v) is 7.17. The van der Waals surface area contributed by atoms with E-state index in [0.29, 0.717) is 34.5 Å². The lowest BCUT2D eigenvalue weighted by Crippen LogP contribution is -2.29. The number of hydrogen-bond donors (Lipinski definition) is 1. The normalized spacial score (nSPS) is 15.3. The monoisotopic (exact) mass is 536 g/mol. The van der Waals surface area contributed by atoms with Crippen molar-refractivity contribution >= 4 is 17.3 Å². The van der Waals surface area contributed by atoms with Gasteiger partial charge in [-0.05, 0) is 55.5 Å². The standard InChI is InChI=1S/C29H30F2N4O2S/c1-3-7-27(38-19-22-8-6-13-34-18-22)26(17-33)28(25(16-32)21(2)35-14-4-5-15-35)23-9-11-24(12-10-23)37-29(30,31)20-36/h6-13,18,36H,3-5,14-15,19-20H2,1-2H3/b25-21+,27-7-,28-26-. The van der Waals surface area contributed by atoms with Gasteiger partial charge < -0.3 is 14.7 Å². The van der Waals surface area contributed by atoms with E-state index in [1.54, 1.807) is 24.5 Å². The van der Waals surface area contributed by atoms with Crippen molar-refractivity contribution in [2.75, 3.05) is 19.7 Å². The highest BCUT2D eigenvalue weighted by atomic mass is 32.2. The number of hydrogen-bond acceptors (Lipinski definition) is 7. The van der Waals surface area contributed by atoms with Crippen molar-refractivity contribution in [3.05, 3.63) is 87.7 Å². The number of allylic oxidation sites excluding steroid dienone is 5. The molecule has 9 heteroatoms. The second kappa shape index (κ2) is 13.8. The summed E-state index contributed by atoms with van der Waals surface area (Å²) in [7, 11) is 0. The Labute approximate surface area is 226 Å². The first-order chi connectivity index (χ1) is 18.3. The molecule has 0 saturated carbocycles. The Morgan fingerprint density at radius 3 is 2.39 bits per heavy atom. The molecule has 1 saturated heterocycles. The zero-order valence-corrected chi connectivity index (χ0v) is 22.3. The van der Waals surface area contributed by atoms with Crippen LogP contribution in [-0.4, -0.2) is 40.8 Å². The summed E-state index contributed by atoms with van der Waals surface area (Å²) in [4.78, 5) is 7.02. The summed E-state index contributed by atoms with van der Waals surface area (Å²) >= 11 is 1.48. The van der Waals surface area contributed by atoms with Gasteiger partial charge in [-0.1, -0.05) is 31.2 Å². The molecular weight excluding hydrogens is 506 g/mol. The molecule has 6 nitrogen and oxygen atoms in total. The number of aliphatic hydroxyl groups is 1. The SMILES string of the molecule is CC/C=C(SCc1cccnc1)/C(C#N)=C(\C(C#N)=C(/C)N1CCCC1)c1ccc(OC(F)(F)CO)cc1. The number of alkyl halides is 2. The number of halogens is 2. The Bertz CT molecular complexity index is 1270. The molecule has 0 atom stereocenters. The summed E-state index contributed by atoms with van der Waals surface area (Å²) in [5.74, 6) is 0.442. The number of pyridine rings is 1. The van der Waals surface area contributed by atoms with Crippen molar-refractivity contribution < 1.29 is 18.6 Å². The summed E-state index contributed by atoms with van der Waals surface area (Å²) in [6, 6.07) is 14.3. The third kappa shape index (κ3) is 7.44. The van der Waals surface area contributed by atoms with Crippen LogP contribution in [-0.2, 0) is 5.75 Å². The molecule has 1 aliphatic heterocycles. The quantitative estimate of drug-likeness (QED) is 0.261. The fourth-order valence-corrected chi connectivity index (χ4v) is 5.20. The molecule has 2 heterocycles. The van der Waals surface area contributed by atoms with Gasteiger partial charge in [0, 0.05) is 47.4 Å². The first-order valence-electron chi connectivity index (χ1n) is 12.3. The van der Waals surface area contributed by atoms with Crippen LogP contribution >= 0.6 is 11.8 Å². The van der Waals surface area contributed by atoms with Gasteiger partial charge in [-0.2, -0.15) is 19.3 Å². The summed E-state index contributed by atoms with van der Waals surface area (Å²) < 4.78 is 31.7. The predicted molar refractivity (Wildman–Crippen MR) is 145 cm³/mol. The number of benzene rings is 1. The van der Waals surface area contributed by atoms with Crippen LogP contribution in [0.3, 0.4) is 0 Å². The van der Waals surface area contributed by atoms with E-state index >= 15 is 0 Å². The molecule has 0 radical (unpaired) electrons. The molecule has 0 aliphatic carbocycles. The van der Waals surface area contributed by atoms with Gasteiger partial charge in [-0.25, -0.2) is 0 Å². The van der Waals surface area contributed by atoms with Crippen molar-refractivity contribution in [2.24, 2.45) is 0 Å². The second-order valence-corrected chi connectivity index (χ2v) is 9.69. The number of nitriles is 2. The highest BCUT2D eigenvalue weighted by molar-refractivity contribution is 8.02. The van der Waals surface area contributed by atoms with Gasteiger partial charge in [-0.3, -0.25) is 4.98 Å². The molecule has 198 valence electrons. The van der Waals surface area contributed by atoms with E-state index < -0.39 is 12.7 Å². The van der Waals surface area contributed by atoms with Gasteiger partial charge in [0.1, 0.15) is 24.5 Å². The maximum absolute atomic E-state index is 13.6. The van der Waals surface area contributed by atoms with Gasteiger partial charge in [0.25, 0.3) is 0 Å². The lowest BCUT2D eigenvalue weighted by atomic mass is 9.91. The van der Waals surface area contributed by atoms with E-state index in [9.17, 15) is 19.3 Å². The lowest BCUT2D eigenvalue weighted by molar-refractivity contribution is -0.200. The van der Waals surface area contributed by atoms with Crippen LogP contribution in [0.1, 0.15) is 44.2 Å². The van der Waals surface area contributed by atoms with Gasteiger partial charge in [-0.15, -0.1) is 11.8 Å². The predicted octanol–water partition coefficient (Wildman–Crippen LogP) is 6.44. The largest absolute Gasteiger partial charge is 0.431 e. The number of aromatic nitrogens is 1. The molecule has 0 bridgehead atoms. The maximum Gasteiger partial charge on any atom is 0.421 e. The average Bonchev–Trinajstić information content (AvgIpc) is 3.47. The number of rotatable bonds is 11. The molecule has 38 heavy (non-hydrogen) atoms. The Kier molecular flexibility index (Phi) is 10.5. The minimum Gasteiger partial charge on any atom is -0.431 e. The smallest absolute Gasteiger partial charge is 0.421 e. The summed E-state index contributed by atoms with van der Waals surface area (Å²) in [6.45, 7) is 4.05. The van der Waals surface area contributed by atoms with Gasteiger partial charge >= 0.3 is 6.11 Å². The van der Waals surface area contributed by atoms with Crippen molar-refractivity contribution in [3.8, 4) is 17.9 Å². The first-order valence-corrected chi connectivity index (χ1v) is 13.3. The fraction of sp³-hybridized carbons (Fsp3) is 0.345. The Morgan fingerprint density at radius 2 is 1.84 bits per heavy atom. The molecule has 0 amide bonds. The number of likely N-dealkylation sites (tertiary alicyclic amines) is 1. The van der Waals surface area contributed by atoms with Gasteiger partial charge in [0.2, 0.25) is 0 Å². The number of thioether (sulfide) groups is 1. The molecule has 0 spiro atoms. The van der Waals surface area contributed by atoms with E-state index in [-0.39, 0.29) is 5.75 Å². The van der Waals surface area contributed by atoms with E-state index in [0.717, 1.165) is 42.1 Å².